The maximum atomic E-state index is 9.10. The van der Waals surface area contributed by atoms with Gasteiger partial charge in [0, 0.05) is 23.8 Å². The fourth-order valence-electron chi connectivity index (χ4n) is 3.42. The highest BCUT2D eigenvalue weighted by atomic mass is 16.3. The molecule has 0 radical (unpaired) electrons. The van der Waals surface area contributed by atoms with Crippen LogP contribution in [-0.4, -0.2) is 39.0 Å². The molecule has 0 atom stereocenters. The molecule has 1 heterocycles. The van der Waals surface area contributed by atoms with E-state index in [0.29, 0.717) is 6.54 Å². The lowest BCUT2D eigenvalue weighted by atomic mass is 9.94. The zero-order chi connectivity index (χ0) is 14.5. The van der Waals surface area contributed by atoms with E-state index in [4.69, 9.17) is 5.11 Å². The van der Waals surface area contributed by atoms with Gasteiger partial charge in [0.25, 0.3) is 0 Å². The second-order valence-corrected chi connectivity index (χ2v) is 5.95. The Morgan fingerprint density at radius 1 is 1.25 bits per heavy atom. The normalized spacial score (nSPS) is 17.1. The van der Waals surface area contributed by atoms with Crippen LogP contribution in [0.4, 0.5) is 0 Å². The van der Waals surface area contributed by atoms with Crippen LogP contribution in [0.5, 0.6) is 0 Å². The van der Waals surface area contributed by atoms with Gasteiger partial charge < -0.3 is 5.11 Å². The summed E-state index contributed by atoms with van der Waals surface area (Å²) in [6.45, 7) is 9.34. The van der Waals surface area contributed by atoms with Gasteiger partial charge in [0.2, 0.25) is 0 Å². The lowest BCUT2D eigenvalue weighted by Gasteiger charge is -2.33. The van der Waals surface area contributed by atoms with Gasteiger partial charge in [-0.2, -0.15) is 5.10 Å². The summed E-state index contributed by atoms with van der Waals surface area (Å²) in [4.78, 5) is 2.61. The average molecular weight is 279 g/mol. The van der Waals surface area contributed by atoms with Crippen LogP contribution < -0.4 is 0 Å². The molecule has 1 aliphatic rings. The number of aliphatic hydroxyl groups excluding tert-OH is 1. The molecule has 20 heavy (non-hydrogen) atoms. The van der Waals surface area contributed by atoms with E-state index in [9.17, 15) is 0 Å². The Hall–Kier alpha value is -0.870. The van der Waals surface area contributed by atoms with Crippen molar-refractivity contribution < 1.29 is 5.11 Å². The first kappa shape index (κ1) is 15.5. The zero-order valence-corrected chi connectivity index (χ0v) is 13.2. The Morgan fingerprint density at radius 2 is 1.95 bits per heavy atom. The van der Waals surface area contributed by atoms with Crippen LogP contribution >= 0.6 is 0 Å². The van der Waals surface area contributed by atoms with Crippen molar-refractivity contribution in [2.24, 2.45) is 0 Å². The lowest BCUT2D eigenvalue weighted by Crippen LogP contribution is -2.36. The minimum atomic E-state index is 0.154. The van der Waals surface area contributed by atoms with Gasteiger partial charge in [0.15, 0.2) is 0 Å². The molecule has 114 valence electrons. The van der Waals surface area contributed by atoms with Crippen LogP contribution in [-0.2, 0) is 13.1 Å². The van der Waals surface area contributed by atoms with Crippen LogP contribution in [0.3, 0.4) is 0 Å². The molecule has 0 saturated heterocycles. The number of rotatable bonds is 6. The van der Waals surface area contributed by atoms with Crippen LogP contribution in [0.25, 0.3) is 0 Å². The molecule has 0 spiro atoms. The maximum Gasteiger partial charge on any atom is 0.0644 e. The molecule has 1 aliphatic carbocycles. The minimum absolute atomic E-state index is 0.154. The predicted molar refractivity (Wildman–Crippen MR) is 81.7 cm³/mol. The van der Waals surface area contributed by atoms with E-state index in [2.05, 4.69) is 30.8 Å². The highest BCUT2D eigenvalue weighted by Crippen LogP contribution is 2.25. The fraction of sp³-hybridized carbons (Fsp3) is 0.812. The molecule has 0 unspecified atom stereocenters. The molecule has 1 fully saturated rings. The van der Waals surface area contributed by atoms with Crippen molar-refractivity contribution in [3.63, 3.8) is 0 Å². The third-order valence-corrected chi connectivity index (χ3v) is 4.70. The van der Waals surface area contributed by atoms with E-state index in [0.717, 1.165) is 24.8 Å². The summed E-state index contributed by atoms with van der Waals surface area (Å²) in [5, 5.41) is 13.7. The van der Waals surface area contributed by atoms with Gasteiger partial charge in [-0.15, -0.1) is 0 Å². The van der Waals surface area contributed by atoms with Crippen LogP contribution in [0.2, 0.25) is 0 Å². The van der Waals surface area contributed by atoms with Crippen molar-refractivity contribution >= 4 is 0 Å². The maximum absolute atomic E-state index is 9.10. The van der Waals surface area contributed by atoms with Crippen LogP contribution in [0.1, 0.15) is 56.0 Å². The van der Waals surface area contributed by atoms with Gasteiger partial charge in [-0.25, -0.2) is 0 Å². The Morgan fingerprint density at radius 3 is 2.55 bits per heavy atom. The number of aryl methyl sites for hydroxylation is 1. The number of aromatic nitrogens is 2. The molecule has 1 N–H and O–H groups in total. The monoisotopic (exact) mass is 279 g/mol. The SMILES string of the molecule is CCN(Cc1c(C)nn(CCO)c1C)C1CCCCC1. The Kier molecular flexibility index (Phi) is 5.61. The number of hydrogen-bond donors (Lipinski definition) is 1. The smallest absolute Gasteiger partial charge is 0.0644 e. The summed E-state index contributed by atoms with van der Waals surface area (Å²) in [6, 6.07) is 0.744. The first-order valence-electron chi connectivity index (χ1n) is 8.05. The third kappa shape index (κ3) is 3.41. The van der Waals surface area contributed by atoms with E-state index >= 15 is 0 Å². The highest BCUT2D eigenvalue weighted by Gasteiger charge is 2.22. The summed E-state index contributed by atoms with van der Waals surface area (Å²) < 4.78 is 1.94. The number of hydrogen-bond acceptors (Lipinski definition) is 3. The van der Waals surface area contributed by atoms with E-state index in [1.807, 2.05) is 4.68 Å². The molecular formula is C16H29N3O. The van der Waals surface area contributed by atoms with Crippen molar-refractivity contribution in [2.75, 3.05) is 13.2 Å². The molecule has 2 rings (SSSR count). The number of aliphatic hydroxyl groups is 1. The summed E-state index contributed by atoms with van der Waals surface area (Å²) in [5.41, 5.74) is 3.68. The molecule has 0 aromatic carbocycles. The highest BCUT2D eigenvalue weighted by molar-refractivity contribution is 5.24. The predicted octanol–water partition coefficient (Wildman–Crippen LogP) is 2.65. The third-order valence-electron chi connectivity index (χ3n) is 4.70. The van der Waals surface area contributed by atoms with Crippen molar-refractivity contribution in [1.82, 2.24) is 14.7 Å². The lowest BCUT2D eigenvalue weighted by molar-refractivity contribution is 0.155. The van der Waals surface area contributed by atoms with Crippen molar-refractivity contribution in [1.29, 1.82) is 0 Å². The zero-order valence-electron chi connectivity index (χ0n) is 13.2. The molecular weight excluding hydrogens is 250 g/mol. The van der Waals surface area contributed by atoms with Crippen molar-refractivity contribution in [3.8, 4) is 0 Å². The first-order valence-corrected chi connectivity index (χ1v) is 8.05. The molecule has 4 heteroatoms. The van der Waals surface area contributed by atoms with Crippen LogP contribution in [0.15, 0.2) is 0 Å². The molecule has 0 aliphatic heterocycles. The molecule has 1 saturated carbocycles. The number of nitrogens with zero attached hydrogens (tertiary/aromatic N) is 3. The minimum Gasteiger partial charge on any atom is -0.394 e. The van der Waals surface area contributed by atoms with E-state index < -0.39 is 0 Å². The fourth-order valence-corrected chi connectivity index (χ4v) is 3.42. The van der Waals surface area contributed by atoms with E-state index in [1.54, 1.807) is 0 Å². The average Bonchev–Trinajstić information content (AvgIpc) is 2.73. The van der Waals surface area contributed by atoms with Crippen molar-refractivity contribution in [3.05, 3.63) is 17.0 Å². The van der Waals surface area contributed by atoms with E-state index in [-0.39, 0.29) is 6.61 Å². The molecule has 0 amide bonds. The Labute approximate surface area is 122 Å². The Bertz CT molecular complexity index is 422. The standard InChI is InChI=1S/C16H29N3O/c1-4-18(15-8-6-5-7-9-15)12-16-13(2)17-19(10-11-20)14(16)3/h15,20H,4-12H2,1-3H3. The van der Waals surface area contributed by atoms with Gasteiger partial charge >= 0.3 is 0 Å². The molecule has 4 nitrogen and oxygen atoms in total. The Balaban J connectivity index is 2.10. The topological polar surface area (TPSA) is 41.3 Å². The second kappa shape index (κ2) is 7.23. The summed E-state index contributed by atoms with van der Waals surface area (Å²) >= 11 is 0. The van der Waals surface area contributed by atoms with Gasteiger partial charge in [0.05, 0.1) is 18.8 Å². The summed E-state index contributed by atoms with van der Waals surface area (Å²) in [5.74, 6) is 0. The second-order valence-electron chi connectivity index (χ2n) is 5.95. The molecule has 1 aromatic rings. The van der Waals surface area contributed by atoms with Gasteiger partial charge in [-0.05, 0) is 33.2 Å². The summed E-state index contributed by atoms with van der Waals surface area (Å²) in [6.07, 6.45) is 6.85. The van der Waals surface area contributed by atoms with Gasteiger partial charge in [-0.3, -0.25) is 9.58 Å². The molecule has 0 bridgehead atoms. The van der Waals surface area contributed by atoms with Crippen molar-refractivity contribution in [2.45, 2.75) is 72.0 Å². The van der Waals surface area contributed by atoms with Gasteiger partial charge in [-0.1, -0.05) is 26.2 Å². The van der Waals surface area contributed by atoms with Gasteiger partial charge in [0.1, 0.15) is 0 Å². The largest absolute Gasteiger partial charge is 0.394 e. The molecule has 1 aromatic heterocycles. The summed E-state index contributed by atoms with van der Waals surface area (Å²) in [7, 11) is 0. The van der Waals surface area contributed by atoms with E-state index in [1.165, 1.54) is 43.4 Å². The quantitative estimate of drug-likeness (QED) is 0.870. The van der Waals surface area contributed by atoms with Crippen LogP contribution in [0, 0.1) is 13.8 Å². The first-order chi connectivity index (χ1) is 9.67.